The standard InChI is InChI=1S/C10H14BrNO3S2/c1-12(7-3-2-4-7)17(14,15)9-5-8(6-13)16-10(9)11/h5,7,13H,2-4,6H2,1H3. The maximum Gasteiger partial charge on any atom is 0.245 e. The topological polar surface area (TPSA) is 57.6 Å². The molecule has 1 aromatic heterocycles. The fraction of sp³-hybridized carbons (Fsp3) is 0.600. The highest BCUT2D eigenvalue weighted by Crippen LogP contribution is 2.36. The largest absolute Gasteiger partial charge is 0.391 e. The smallest absolute Gasteiger partial charge is 0.245 e. The zero-order valence-corrected chi connectivity index (χ0v) is 12.6. The number of thiophene rings is 1. The molecule has 0 spiro atoms. The second-order valence-electron chi connectivity index (χ2n) is 4.11. The number of aliphatic hydroxyl groups excluding tert-OH is 1. The molecule has 2 rings (SSSR count). The molecule has 0 bridgehead atoms. The summed E-state index contributed by atoms with van der Waals surface area (Å²) in [6.45, 7) is -0.133. The second kappa shape index (κ2) is 4.97. The highest BCUT2D eigenvalue weighted by Gasteiger charge is 2.33. The Morgan fingerprint density at radius 1 is 1.59 bits per heavy atom. The van der Waals surface area contributed by atoms with Crippen LogP contribution in [-0.4, -0.2) is 30.9 Å². The van der Waals surface area contributed by atoms with Crippen LogP contribution < -0.4 is 0 Å². The number of sulfonamides is 1. The molecule has 1 fully saturated rings. The molecule has 1 aliphatic carbocycles. The Labute approximate surface area is 113 Å². The molecule has 1 saturated carbocycles. The minimum atomic E-state index is -3.43. The summed E-state index contributed by atoms with van der Waals surface area (Å²) in [5, 5.41) is 9.03. The fourth-order valence-corrected chi connectivity index (χ4v) is 5.66. The van der Waals surface area contributed by atoms with E-state index in [0.29, 0.717) is 8.66 Å². The molecular formula is C10H14BrNO3S2. The van der Waals surface area contributed by atoms with Gasteiger partial charge >= 0.3 is 0 Å². The van der Waals surface area contributed by atoms with E-state index < -0.39 is 10.0 Å². The van der Waals surface area contributed by atoms with Crippen LogP contribution in [0.15, 0.2) is 14.7 Å². The van der Waals surface area contributed by atoms with E-state index in [9.17, 15) is 8.42 Å². The van der Waals surface area contributed by atoms with Gasteiger partial charge in [-0.25, -0.2) is 8.42 Å². The van der Waals surface area contributed by atoms with Crippen LogP contribution in [0.3, 0.4) is 0 Å². The van der Waals surface area contributed by atoms with Gasteiger partial charge in [-0.2, -0.15) is 4.31 Å². The van der Waals surface area contributed by atoms with E-state index in [0.717, 1.165) is 19.3 Å². The van der Waals surface area contributed by atoms with Crippen molar-refractivity contribution in [2.75, 3.05) is 7.05 Å². The fourth-order valence-electron chi connectivity index (χ4n) is 1.75. The molecule has 4 nitrogen and oxygen atoms in total. The molecule has 0 amide bonds. The van der Waals surface area contributed by atoms with Crippen LogP contribution in [0.25, 0.3) is 0 Å². The van der Waals surface area contributed by atoms with E-state index in [1.807, 2.05) is 0 Å². The molecule has 1 aromatic rings. The SMILES string of the molecule is CN(C1CCC1)S(=O)(=O)c1cc(CO)sc1Br. The quantitative estimate of drug-likeness (QED) is 0.914. The number of hydrogen-bond acceptors (Lipinski definition) is 4. The summed E-state index contributed by atoms with van der Waals surface area (Å²) in [7, 11) is -1.81. The van der Waals surface area contributed by atoms with Crippen molar-refractivity contribution >= 4 is 37.3 Å². The van der Waals surface area contributed by atoms with Crippen molar-refractivity contribution in [3.8, 4) is 0 Å². The molecule has 7 heteroatoms. The van der Waals surface area contributed by atoms with Crippen molar-refractivity contribution in [1.29, 1.82) is 0 Å². The van der Waals surface area contributed by atoms with E-state index in [1.165, 1.54) is 15.6 Å². The first-order chi connectivity index (χ1) is 7.96. The van der Waals surface area contributed by atoms with Crippen molar-refractivity contribution in [3.05, 3.63) is 14.7 Å². The van der Waals surface area contributed by atoms with Gasteiger partial charge in [0.25, 0.3) is 0 Å². The lowest BCUT2D eigenvalue weighted by molar-refractivity contribution is 0.249. The zero-order chi connectivity index (χ0) is 12.6. The van der Waals surface area contributed by atoms with Gasteiger partial charge in [-0.1, -0.05) is 6.42 Å². The molecular weight excluding hydrogens is 326 g/mol. The van der Waals surface area contributed by atoms with Gasteiger partial charge in [-0.3, -0.25) is 0 Å². The van der Waals surface area contributed by atoms with Gasteiger partial charge in [0.2, 0.25) is 10.0 Å². The minimum absolute atomic E-state index is 0.129. The van der Waals surface area contributed by atoms with E-state index in [4.69, 9.17) is 5.11 Å². The van der Waals surface area contributed by atoms with Crippen LogP contribution in [0.2, 0.25) is 0 Å². The lowest BCUT2D eigenvalue weighted by Gasteiger charge is -2.33. The van der Waals surface area contributed by atoms with Crippen LogP contribution >= 0.6 is 27.3 Å². The Kier molecular flexibility index (Phi) is 3.94. The summed E-state index contributed by atoms with van der Waals surface area (Å²) in [5.41, 5.74) is 0. The third kappa shape index (κ3) is 2.44. The predicted octanol–water partition coefficient (Wildman–Crippen LogP) is 2.18. The molecule has 0 saturated heterocycles. The van der Waals surface area contributed by atoms with Gasteiger partial charge < -0.3 is 5.11 Å². The van der Waals surface area contributed by atoms with Crippen molar-refractivity contribution in [3.63, 3.8) is 0 Å². The first-order valence-electron chi connectivity index (χ1n) is 5.34. The first kappa shape index (κ1) is 13.5. The molecule has 0 radical (unpaired) electrons. The monoisotopic (exact) mass is 339 g/mol. The Hall–Kier alpha value is 0.0500. The summed E-state index contributed by atoms with van der Waals surface area (Å²) < 4.78 is 26.7. The predicted molar refractivity (Wildman–Crippen MR) is 70.5 cm³/mol. The Balaban J connectivity index is 2.33. The van der Waals surface area contributed by atoms with Crippen LogP contribution in [-0.2, 0) is 16.6 Å². The third-order valence-corrected chi connectivity index (χ3v) is 7.26. The van der Waals surface area contributed by atoms with E-state index in [-0.39, 0.29) is 17.5 Å². The maximum absolute atomic E-state index is 12.3. The average Bonchev–Trinajstić information content (AvgIpc) is 2.57. The molecule has 17 heavy (non-hydrogen) atoms. The second-order valence-corrected chi connectivity index (χ2v) is 8.54. The van der Waals surface area contributed by atoms with Crippen LogP contribution in [0, 0.1) is 0 Å². The molecule has 0 atom stereocenters. The lowest BCUT2D eigenvalue weighted by Crippen LogP contribution is -2.41. The molecule has 1 aliphatic rings. The Bertz CT molecular complexity index is 508. The first-order valence-corrected chi connectivity index (χ1v) is 8.39. The maximum atomic E-state index is 12.3. The molecule has 0 unspecified atom stereocenters. The number of halogens is 1. The Morgan fingerprint density at radius 3 is 2.65 bits per heavy atom. The molecule has 1 N–H and O–H groups in total. The van der Waals surface area contributed by atoms with Gasteiger partial charge in [0.05, 0.1) is 10.4 Å². The van der Waals surface area contributed by atoms with Crippen LogP contribution in [0.1, 0.15) is 24.1 Å². The van der Waals surface area contributed by atoms with Gasteiger partial charge in [0, 0.05) is 18.0 Å². The summed E-state index contributed by atoms with van der Waals surface area (Å²) in [4.78, 5) is 0.915. The van der Waals surface area contributed by atoms with E-state index in [1.54, 1.807) is 13.1 Å². The third-order valence-electron chi connectivity index (χ3n) is 3.11. The summed E-state index contributed by atoms with van der Waals surface area (Å²) in [6.07, 6.45) is 2.96. The molecule has 96 valence electrons. The van der Waals surface area contributed by atoms with Gasteiger partial charge in [-0.05, 0) is 34.8 Å². The highest BCUT2D eigenvalue weighted by molar-refractivity contribution is 9.11. The van der Waals surface area contributed by atoms with E-state index in [2.05, 4.69) is 15.9 Å². The van der Waals surface area contributed by atoms with Crippen molar-refractivity contribution in [2.24, 2.45) is 0 Å². The summed E-state index contributed by atoms with van der Waals surface area (Å²) in [5.74, 6) is 0. The summed E-state index contributed by atoms with van der Waals surface area (Å²) >= 11 is 4.51. The van der Waals surface area contributed by atoms with Crippen molar-refractivity contribution in [2.45, 2.75) is 36.8 Å². The number of nitrogens with zero attached hydrogens (tertiary/aromatic N) is 1. The van der Waals surface area contributed by atoms with E-state index >= 15 is 0 Å². The minimum Gasteiger partial charge on any atom is -0.391 e. The highest BCUT2D eigenvalue weighted by atomic mass is 79.9. The number of hydrogen-bond donors (Lipinski definition) is 1. The molecule has 1 heterocycles. The average molecular weight is 340 g/mol. The van der Waals surface area contributed by atoms with Crippen LogP contribution in [0.5, 0.6) is 0 Å². The zero-order valence-electron chi connectivity index (χ0n) is 9.39. The molecule has 0 aliphatic heterocycles. The van der Waals surface area contributed by atoms with Crippen molar-refractivity contribution < 1.29 is 13.5 Å². The van der Waals surface area contributed by atoms with Gasteiger partial charge in [0.1, 0.15) is 4.90 Å². The molecule has 0 aromatic carbocycles. The van der Waals surface area contributed by atoms with Crippen molar-refractivity contribution in [1.82, 2.24) is 4.31 Å². The van der Waals surface area contributed by atoms with Gasteiger partial charge in [-0.15, -0.1) is 11.3 Å². The lowest BCUT2D eigenvalue weighted by atomic mass is 9.94. The number of aliphatic hydroxyl groups is 1. The summed E-state index contributed by atoms with van der Waals surface area (Å²) in [6, 6.07) is 1.67. The normalized spacial score (nSPS) is 17.4. The van der Waals surface area contributed by atoms with Gasteiger partial charge in [0.15, 0.2) is 0 Å². The van der Waals surface area contributed by atoms with Crippen LogP contribution in [0.4, 0.5) is 0 Å². The number of rotatable bonds is 4. The Morgan fingerprint density at radius 2 is 2.24 bits per heavy atom.